The molecule has 288 valence electrons. The highest BCUT2D eigenvalue weighted by Crippen LogP contribution is 2.20. The topological polar surface area (TPSA) is 301 Å². The molecule has 0 atom stereocenters. The van der Waals surface area contributed by atoms with E-state index in [1.807, 2.05) is 4.98 Å². The molecule has 0 fully saturated rings. The number of pyridine rings is 5. The largest absolute Gasteiger partial charge is 0.397 e. The summed E-state index contributed by atoms with van der Waals surface area (Å²) in [7, 11) is 0. The molecule has 7 heterocycles. The van der Waals surface area contributed by atoms with E-state index in [9.17, 15) is 36.3 Å². The number of nitriles is 1. The van der Waals surface area contributed by atoms with Gasteiger partial charge in [0.1, 0.15) is 45.3 Å². The zero-order valence-corrected chi connectivity index (χ0v) is 30.5. The summed E-state index contributed by atoms with van der Waals surface area (Å²) >= 11 is 14.2. The summed E-state index contributed by atoms with van der Waals surface area (Å²) in [6.45, 7) is 0. The van der Waals surface area contributed by atoms with Crippen LogP contribution in [-0.2, 0) is 0 Å². The SMILES string of the molecule is Fc1cnc2c(Cl)nc(Cl)nc2c1.N#Cc1ncc(F)cc1N.NC(=O)c1ncc(F)cc1N.Nc1cc(F)cnc1Br.O=c1[nH]c(=O)c2ncc(F)cc2[nH]1. The van der Waals surface area contributed by atoms with Crippen LogP contribution >= 0.6 is 39.1 Å². The molecule has 17 nitrogen and oxygen atoms in total. The van der Waals surface area contributed by atoms with Crippen LogP contribution in [0.25, 0.3) is 22.1 Å². The molecule has 0 spiro atoms. The molecule has 0 radical (unpaired) electrons. The second kappa shape index (κ2) is 20.0. The van der Waals surface area contributed by atoms with Crippen molar-refractivity contribution in [1.29, 1.82) is 5.26 Å². The number of nitrogens with zero attached hydrogens (tertiary/aromatic N) is 8. The normalized spacial score (nSPS) is 9.91. The number of rotatable bonds is 1. The zero-order chi connectivity index (χ0) is 41.7. The first kappa shape index (κ1) is 43.5. The molecule has 0 saturated carbocycles. The highest BCUT2D eigenvalue weighted by atomic mass is 79.9. The van der Waals surface area contributed by atoms with Crippen LogP contribution in [0.5, 0.6) is 0 Å². The fraction of sp³-hybridized carbons (Fsp3) is 0. The number of anilines is 3. The zero-order valence-electron chi connectivity index (χ0n) is 27.4. The number of hydrogen-bond acceptors (Lipinski definition) is 14. The molecular weight excluding hydrogens is 862 g/mol. The van der Waals surface area contributed by atoms with Gasteiger partial charge in [0.05, 0.1) is 59.1 Å². The quantitative estimate of drug-likeness (QED) is 0.0578. The lowest BCUT2D eigenvalue weighted by molar-refractivity contribution is 0.0996. The van der Waals surface area contributed by atoms with Gasteiger partial charge in [-0.25, -0.2) is 61.6 Å². The van der Waals surface area contributed by atoms with E-state index in [0.29, 0.717) is 21.3 Å². The van der Waals surface area contributed by atoms with Crippen molar-refractivity contribution in [2.75, 3.05) is 17.2 Å². The summed E-state index contributed by atoms with van der Waals surface area (Å²) in [4.78, 5) is 61.7. The average Bonchev–Trinajstić information content (AvgIpc) is 3.10. The van der Waals surface area contributed by atoms with Gasteiger partial charge in [-0.05, 0) is 27.5 Å². The summed E-state index contributed by atoms with van der Waals surface area (Å²) in [5.74, 6) is -3.39. The fourth-order valence-corrected chi connectivity index (χ4v) is 4.27. The first-order valence-electron chi connectivity index (χ1n) is 14.4. The first-order valence-corrected chi connectivity index (χ1v) is 15.9. The second-order valence-corrected chi connectivity index (χ2v) is 11.4. The summed E-state index contributed by atoms with van der Waals surface area (Å²) in [6.07, 6.45) is 4.90. The van der Waals surface area contributed by atoms with Crippen LogP contribution in [-0.4, -0.2) is 50.8 Å². The van der Waals surface area contributed by atoms with Gasteiger partial charge in [0.2, 0.25) is 5.28 Å². The van der Waals surface area contributed by atoms with Crippen molar-refractivity contribution in [2.45, 2.75) is 0 Å². The van der Waals surface area contributed by atoms with Crippen molar-refractivity contribution >= 4 is 84.2 Å². The van der Waals surface area contributed by atoms with Crippen molar-refractivity contribution in [3.8, 4) is 6.07 Å². The molecule has 7 rings (SSSR count). The average molecular weight is 882 g/mol. The standard InChI is InChI=1S/C7H2Cl2FN3.C7H4FN3O2.C6H6FN3O.C6H4FN3.C5H4BrFN2/c8-6-5-4(12-7(9)13-6)1-3(10)2-11-5;8-3-1-4-5(9-2-3)6(12)11-7(13)10-4;7-3-1-4(8)5(6(9)11)10-2-3;7-4-1-5(9)6(2-8)10-3-4;6-5-4(8)1-3(7)2-9-5/h1-2H;1-2H,(H2,10,11,12,13);1-2H,8H2,(H2,9,11);1,3H,9H2;1-2H,8H2. The van der Waals surface area contributed by atoms with Crippen molar-refractivity contribution in [3.63, 3.8) is 0 Å². The number of aromatic amines is 2. The Balaban J connectivity index is 0.000000189. The lowest BCUT2D eigenvalue weighted by atomic mass is 10.3. The number of amides is 1. The molecule has 0 bridgehead atoms. The van der Waals surface area contributed by atoms with E-state index in [2.05, 4.69) is 55.8 Å². The van der Waals surface area contributed by atoms with Crippen LogP contribution < -0.4 is 34.2 Å². The number of halogens is 8. The number of primary amides is 1. The third-order valence-corrected chi connectivity index (χ3v) is 7.01. The molecule has 7 aromatic rings. The Bertz CT molecular complexity index is 2700. The Kier molecular flexibility index (Phi) is 15.5. The summed E-state index contributed by atoms with van der Waals surface area (Å²) in [5, 5.41) is 8.39. The van der Waals surface area contributed by atoms with Crippen molar-refractivity contribution in [2.24, 2.45) is 5.73 Å². The molecule has 25 heteroatoms. The van der Waals surface area contributed by atoms with Crippen LogP contribution in [0.2, 0.25) is 10.4 Å². The van der Waals surface area contributed by atoms with Gasteiger partial charge in [0.15, 0.2) is 22.1 Å². The number of carbonyl (C=O) groups is 1. The number of carbonyl (C=O) groups excluding carboxylic acids is 1. The third-order valence-electron chi connectivity index (χ3n) is 5.92. The molecule has 56 heavy (non-hydrogen) atoms. The molecule has 7 aromatic heterocycles. The maximum absolute atomic E-state index is 12.7. The number of aromatic nitrogens is 9. The Labute approximate surface area is 326 Å². The third kappa shape index (κ3) is 12.9. The highest BCUT2D eigenvalue weighted by Gasteiger charge is 2.08. The molecule has 0 aliphatic heterocycles. The van der Waals surface area contributed by atoms with Crippen molar-refractivity contribution in [3.05, 3.63) is 138 Å². The monoisotopic (exact) mass is 880 g/mol. The van der Waals surface area contributed by atoms with Crippen LogP contribution in [0.15, 0.2) is 75.5 Å². The van der Waals surface area contributed by atoms with Gasteiger partial charge in [-0.1, -0.05) is 11.6 Å². The lowest BCUT2D eigenvalue weighted by Crippen LogP contribution is -2.22. The van der Waals surface area contributed by atoms with Gasteiger partial charge in [0, 0.05) is 30.3 Å². The maximum atomic E-state index is 12.7. The highest BCUT2D eigenvalue weighted by molar-refractivity contribution is 9.10. The minimum atomic E-state index is -0.762. The predicted molar refractivity (Wildman–Crippen MR) is 197 cm³/mol. The molecule has 1 amide bonds. The van der Waals surface area contributed by atoms with E-state index in [0.717, 1.165) is 49.2 Å². The first-order chi connectivity index (χ1) is 26.4. The van der Waals surface area contributed by atoms with Crippen LogP contribution in [0.3, 0.4) is 0 Å². The van der Waals surface area contributed by atoms with Crippen molar-refractivity contribution in [1.82, 2.24) is 44.9 Å². The van der Waals surface area contributed by atoms with E-state index in [-0.39, 0.29) is 44.2 Å². The van der Waals surface area contributed by atoms with E-state index in [1.165, 1.54) is 12.1 Å². The molecule has 0 aliphatic carbocycles. The number of H-pyrrole nitrogens is 2. The van der Waals surface area contributed by atoms with Gasteiger partial charge < -0.3 is 27.9 Å². The number of hydrogen-bond donors (Lipinski definition) is 6. The summed E-state index contributed by atoms with van der Waals surface area (Å²) < 4.78 is 62.5. The van der Waals surface area contributed by atoms with E-state index < -0.39 is 46.2 Å². The molecule has 0 aliphatic rings. The fourth-order valence-electron chi connectivity index (χ4n) is 3.61. The van der Waals surface area contributed by atoms with Gasteiger partial charge in [-0.2, -0.15) is 5.26 Å². The smallest absolute Gasteiger partial charge is 0.326 e. The molecular formula is C31H20BrCl2F5N14O3. The molecule has 0 unspecified atom stereocenters. The predicted octanol–water partition coefficient (Wildman–Crippen LogP) is 4.36. The molecule has 0 saturated heterocycles. The van der Waals surface area contributed by atoms with Gasteiger partial charge in [-0.15, -0.1) is 0 Å². The van der Waals surface area contributed by atoms with Crippen LogP contribution in [0.4, 0.5) is 39.0 Å². The number of nitrogen functional groups attached to an aromatic ring is 3. The Morgan fingerprint density at radius 1 is 0.696 bits per heavy atom. The lowest BCUT2D eigenvalue weighted by Gasteiger charge is -1.98. The number of nitrogens with one attached hydrogen (secondary N) is 2. The van der Waals surface area contributed by atoms with E-state index >= 15 is 0 Å². The number of fused-ring (bicyclic) bond motifs is 2. The van der Waals surface area contributed by atoms with Gasteiger partial charge in [-0.3, -0.25) is 14.6 Å². The van der Waals surface area contributed by atoms with E-state index in [1.54, 1.807) is 6.07 Å². The minimum Gasteiger partial charge on any atom is -0.397 e. The Morgan fingerprint density at radius 3 is 1.77 bits per heavy atom. The van der Waals surface area contributed by atoms with Crippen molar-refractivity contribution < 1.29 is 26.7 Å². The van der Waals surface area contributed by atoms with E-state index in [4.69, 9.17) is 51.4 Å². The maximum Gasteiger partial charge on any atom is 0.326 e. The van der Waals surface area contributed by atoms with Crippen LogP contribution in [0, 0.1) is 40.4 Å². The summed E-state index contributed by atoms with van der Waals surface area (Å²) in [5.41, 5.74) is 20.3. The summed E-state index contributed by atoms with van der Waals surface area (Å²) in [6, 6.07) is 7.22. The number of nitrogens with two attached hydrogens (primary N) is 4. The molecule has 0 aromatic carbocycles. The second-order valence-electron chi connectivity index (χ2n) is 9.96. The molecule has 10 N–H and O–H groups in total. The van der Waals surface area contributed by atoms with Crippen LogP contribution in [0.1, 0.15) is 16.2 Å². The van der Waals surface area contributed by atoms with Gasteiger partial charge in [0.25, 0.3) is 11.5 Å². The van der Waals surface area contributed by atoms with Gasteiger partial charge >= 0.3 is 5.69 Å². The minimum absolute atomic E-state index is 0.0148. The Hall–Kier alpha value is -6.90. The Morgan fingerprint density at radius 2 is 1.21 bits per heavy atom.